The minimum Gasteiger partial charge on any atom is -0.493 e. The fraction of sp³-hybridized carbons (Fsp3) is 0.286. The van der Waals surface area contributed by atoms with Crippen LogP contribution in [0.4, 0.5) is 0 Å². The number of para-hydroxylation sites is 1. The lowest BCUT2D eigenvalue weighted by Crippen LogP contribution is -2.36. The van der Waals surface area contributed by atoms with Gasteiger partial charge in [-0.1, -0.05) is 23.9 Å². The number of carbonyl (C=O) groups is 2. The summed E-state index contributed by atoms with van der Waals surface area (Å²) in [6.45, 7) is 0. The van der Waals surface area contributed by atoms with Gasteiger partial charge in [0.15, 0.2) is 17.1 Å². The molecule has 1 aromatic heterocycles. The van der Waals surface area contributed by atoms with Crippen molar-refractivity contribution < 1.29 is 18.7 Å². The van der Waals surface area contributed by atoms with Crippen molar-refractivity contribution in [1.29, 1.82) is 0 Å². The maximum Gasteiger partial charge on any atom is 0.287 e. The summed E-state index contributed by atoms with van der Waals surface area (Å²) in [4.78, 5) is 23.6. The number of rotatable bonds is 3. The van der Waals surface area contributed by atoms with Gasteiger partial charge in [-0.25, -0.2) is 0 Å². The summed E-state index contributed by atoms with van der Waals surface area (Å²) >= 11 is 1.25. The lowest BCUT2D eigenvalue weighted by Gasteiger charge is -2.07. The van der Waals surface area contributed by atoms with Crippen molar-refractivity contribution >= 4 is 33.8 Å². The van der Waals surface area contributed by atoms with Gasteiger partial charge >= 0.3 is 0 Å². The zero-order valence-electron chi connectivity index (χ0n) is 10.8. The van der Waals surface area contributed by atoms with E-state index in [1.54, 1.807) is 19.2 Å². The smallest absolute Gasteiger partial charge is 0.287 e. The van der Waals surface area contributed by atoms with Gasteiger partial charge < -0.3 is 14.5 Å². The van der Waals surface area contributed by atoms with E-state index >= 15 is 0 Å². The van der Waals surface area contributed by atoms with E-state index in [-0.39, 0.29) is 16.8 Å². The van der Waals surface area contributed by atoms with Crippen molar-refractivity contribution in [2.24, 2.45) is 0 Å². The summed E-state index contributed by atoms with van der Waals surface area (Å²) in [5.41, 5.74) is 0.535. The second-order valence-electron chi connectivity index (χ2n) is 4.47. The first-order valence-electron chi connectivity index (χ1n) is 6.23. The van der Waals surface area contributed by atoms with Gasteiger partial charge in [0.2, 0.25) is 5.12 Å². The molecule has 1 unspecified atom stereocenters. The van der Waals surface area contributed by atoms with Crippen molar-refractivity contribution in [1.82, 2.24) is 5.32 Å². The number of nitrogens with one attached hydrogen (secondary N) is 1. The Balaban J connectivity index is 1.86. The number of thioether (sulfide) groups is 1. The Kier molecular flexibility index (Phi) is 3.40. The van der Waals surface area contributed by atoms with E-state index < -0.39 is 6.04 Å². The third kappa shape index (κ3) is 2.27. The van der Waals surface area contributed by atoms with E-state index in [0.29, 0.717) is 17.8 Å². The Hall–Kier alpha value is -1.95. The number of hydrogen-bond acceptors (Lipinski definition) is 5. The van der Waals surface area contributed by atoms with Gasteiger partial charge in [-0.3, -0.25) is 9.59 Å². The number of methoxy groups -OCH3 is 1. The van der Waals surface area contributed by atoms with Crippen molar-refractivity contribution in [3.63, 3.8) is 0 Å². The summed E-state index contributed by atoms with van der Waals surface area (Å²) in [5.74, 6) is 1.14. The van der Waals surface area contributed by atoms with Crippen LogP contribution in [-0.2, 0) is 4.79 Å². The largest absolute Gasteiger partial charge is 0.493 e. The zero-order chi connectivity index (χ0) is 14.1. The molecule has 1 aromatic carbocycles. The Bertz CT molecular complexity index is 679. The number of fused-ring (bicyclic) bond motifs is 1. The molecule has 1 aliphatic rings. The van der Waals surface area contributed by atoms with Crippen molar-refractivity contribution in [2.75, 3.05) is 12.9 Å². The Morgan fingerprint density at radius 1 is 1.50 bits per heavy atom. The van der Waals surface area contributed by atoms with Crippen molar-refractivity contribution in [3.05, 3.63) is 30.0 Å². The summed E-state index contributed by atoms with van der Waals surface area (Å²) in [6, 6.07) is 6.68. The molecule has 1 saturated heterocycles. The molecule has 0 radical (unpaired) electrons. The van der Waals surface area contributed by atoms with Crippen LogP contribution in [0, 0.1) is 0 Å². The third-order valence-corrected chi connectivity index (χ3v) is 4.20. The average molecular weight is 291 g/mol. The summed E-state index contributed by atoms with van der Waals surface area (Å²) in [5, 5.41) is 3.50. The maximum absolute atomic E-state index is 12.1. The summed E-state index contributed by atoms with van der Waals surface area (Å²) < 4.78 is 10.7. The molecule has 104 valence electrons. The molecule has 2 aromatic rings. The molecule has 6 heteroatoms. The van der Waals surface area contributed by atoms with Gasteiger partial charge in [0.1, 0.15) is 0 Å². The van der Waals surface area contributed by atoms with Crippen molar-refractivity contribution in [3.8, 4) is 5.75 Å². The Morgan fingerprint density at radius 2 is 2.35 bits per heavy atom. The quantitative estimate of drug-likeness (QED) is 0.939. The number of ether oxygens (including phenoxy) is 1. The monoisotopic (exact) mass is 291 g/mol. The molecule has 1 atom stereocenters. The predicted octanol–water partition coefficient (Wildman–Crippen LogP) is 2.20. The van der Waals surface area contributed by atoms with Gasteiger partial charge in [0, 0.05) is 11.1 Å². The fourth-order valence-corrected chi connectivity index (χ4v) is 3.10. The molecular weight excluding hydrogens is 278 g/mol. The lowest BCUT2D eigenvalue weighted by molar-refractivity contribution is -0.112. The van der Waals surface area contributed by atoms with E-state index in [2.05, 4.69) is 5.32 Å². The van der Waals surface area contributed by atoms with Crippen LogP contribution in [0.2, 0.25) is 0 Å². The molecular formula is C14H13NO4S. The molecule has 0 saturated carbocycles. The first kappa shape index (κ1) is 13.1. The van der Waals surface area contributed by atoms with E-state index in [1.807, 2.05) is 12.1 Å². The van der Waals surface area contributed by atoms with Crippen LogP contribution in [-0.4, -0.2) is 29.9 Å². The van der Waals surface area contributed by atoms with Crippen LogP contribution in [0.25, 0.3) is 11.0 Å². The number of hydrogen-bond donors (Lipinski definition) is 1. The number of furan rings is 1. The number of benzene rings is 1. The van der Waals surface area contributed by atoms with Gasteiger partial charge in [0.05, 0.1) is 13.2 Å². The number of carbonyl (C=O) groups excluding carboxylic acids is 2. The lowest BCUT2D eigenvalue weighted by atomic mass is 10.2. The normalized spacial score (nSPS) is 18.4. The minimum absolute atomic E-state index is 0.00652. The second kappa shape index (κ2) is 5.20. The summed E-state index contributed by atoms with van der Waals surface area (Å²) in [6.07, 6.45) is 0.665. The summed E-state index contributed by atoms with van der Waals surface area (Å²) in [7, 11) is 1.55. The minimum atomic E-state index is -0.414. The van der Waals surface area contributed by atoms with E-state index in [4.69, 9.17) is 9.15 Å². The van der Waals surface area contributed by atoms with Crippen LogP contribution in [0.5, 0.6) is 5.75 Å². The first-order chi connectivity index (χ1) is 9.69. The second-order valence-corrected chi connectivity index (χ2v) is 5.57. The molecule has 3 rings (SSSR count). The molecule has 5 nitrogen and oxygen atoms in total. The highest BCUT2D eigenvalue weighted by molar-refractivity contribution is 8.14. The van der Waals surface area contributed by atoms with Crippen LogP contribution in [0.15, 0.2) is 28.7 Å². The molecule has 1 aliphatic heterocycles. The van der Waals surface area contributed by atoms with Gasteiger partial charge in [-0.2, -0.15) is 0 Å². The third-order valence-electron chi connectivity index (χ3n) is 3.19. The molecule has 20 heavy (non-hydrogen) atoms. The maximum atomic E-state index is 12.1. The van der Waals surface area contributed by atoms with Crippen LogP contribution >= 0.6 is 11.8 Å². The first-order valence-corrected chi connectivity index (χ1v) is 7.21. The molecule has 1 fully saturated rings. The molecule has 1 amide bonds. The van der Waals surface area contributed by atoms with E-state index in [0.717, 1.165) is 11.1 Å². The van der Waals surface area contributed by atoms with Crippen LogP contribution < -0.4 is 10.1 Å². The Morgan fingerprint density at radius 3 is 3.05 bits per heavy atom. The van der Waals surface area contributed by atoms with Gasteiger partial charge in [-0.15, -0.1) is 0 Å². The van der Waals surface area contributed by atoms with Gasteiger partial charge in [-0.05, 0) is 18.6 Å². The van der Waals surface area contributed by atoms with E-state index in [9.17, 15) is 9.59 Å². The molecule has 0 bridgehead atoms. The topological polar surface area (TPSA) is 68.5 Å². The fourth-order valence-electron chi connectivity index (χ4n) is 2.17. The predicted molar refractivity (Wildman–Crippen MR) is 76.1 cm³/mol. The molecule has 2 heterocycles. The zero-order valence-corrected chi connectivity index (χ0v) is 11.7. The highest BCUT2D eigenvalue weighted by Gasteiger charge is 2.28. The van der Waals surface area contributed by atoms with Crippen LogP contribution in [0.1, 0.15) is 17.0 Å². The molecule has 1 N–H and O–H groups in total. The molecule has 0 aliphatic carbocycles. The van der Waals surface area contributed by atoms with Crippen molar-refractivity contribution in [2.45, 2.75) is 12.5 Å². The van der Waals surface area contributed by atoms with Gasteiger partial charge in [0.25, 0.3) is 5.91 Å². The Labute approximate surface area is 119 Å². The average Bonchev–Trinajstić information content (AvgIpc) is 3.05. The standard InChI is InChI=1S/C14H13NO4S/c1-18-10-4-2-3-8-7-11(19-12(8)10)13(16)15-9-5-6-20-14(9)17/h2-4,7,9H,5-6H2,1H3,(H,15,16). The SMILES string of the molecule is COc1cccc2cc(C(=O)NC3CCSC3=O)oc12. The molecule has 0 spiro atoms. The van der Waals surface area contributed by atoms with E-state index in [1.165, 1.54) is 11.8 Å². The number of amides is 1. The highest BCUT2D eigenvalue weighted by Crippen LogP contribution is 2.28. The highest BCUT2D eigenvalue weighted by atomic mass is 32.2. The van der Waals surface area contributed by atoms with Crippen LogP contribution in [0.3, 0.4) is 0 Å².